The average molecular weight is 330 g/mol. The van der Waals surface area contributed by atoms with Crippen molar-refractivity contribution in [1.82, 2.24) is 0 Å². The van der Waals surface area contributed by atoms with Crippen LogP contribution in [-0.4, -0.2) is 17.9 Å². The zero-order valence-corrected chi connectivity index (χ0v) is 15.3. The molecule has 4 aliphatic carbocycles. The standard InChI is InChI=1S/C21H30O3/c1-13(22)24-15-8-10-20(2)14(12-15)4-5-16-17-6-7-19(23)21(17,3)11-9-18(16)20/h4,15-18H,5-12H2,1-3H3/t15-,16?,17?,18?,20-,21-/m0/s1. The smallest absolute Gasteiger partial charge is 0.302 e. The van der Waals surface area contributed by atoms with Gasteiger partial charge in [0.05, 0.1) is 0 Å². The van der Waals surface area contributed by atoms with Gasteiger partial charge in [-0.05, 0) is 61.7 Å². The number of ketones is 1. The molecular formula is C21H30O3. The lowest BCUT2D eigenvalue weighted by atomic mass is 9.48. The Morgan fingerprint density at radius 2 is 1.83 bits per heavy atom. The predicted octanol–water partition coefficient (Wildman–Crippen LogP) is 4.45. The van der Waals surface area contributed by atoms with Gasteiger partial charge in [-0.1, -0.05) is 25.5 Å². The van der Waals surface area contributed by atoms with Gasteiger partial charge in [-0.2, -0.15) is 0 Å². The normalized spacial score (nSPS) is 47.3. The summed E-state index contributed by atoms with van der Waals surface area (Å²) in [6, 6.07) is 0. The fraction of sp³-hybridized carbons (Fsp3) is 0.810. The number of hydrogen-bond acceptors (Lipinski definition) is 3. The molecule has 0 aromatic carbocycles. The van der Waals surface area contributed by atoms with E-state index in [1.807, 2.05) is 0 Å². The van der Waals surface area contributed by atoms with Gasteiger partial charge in [-0.15, -0.1) is 0 Å². The second kappa shape index (κ2) is 5.44. The average Bonchev–Trinajstić information content (AvgIpc) is 2.83. The Kier molecular flexibility index (Phi) is 3.71. The SMILES string of the molecule is CC(=O)O[C@H]1CC[C@@]2(C)C(=CCC3C2CC[C@]2(C)C(=O)CCC32)C1. The van der Waals surface area contributed by atoms with E-state index in [1.165, 1.54) is 18.9 Å². The molecule has 0 saturated heterocycles. The van der Waals surface area contributed by atoms with Crippen molar-refractivity contribution in [2.45, 2.75) is 78.2 Å². The summed E-state index contributed by atoms with van der Waals surface area (Å²) >= 11 is 0. The maximum atomic E-state index is 12.4. The van der Waals surface area contributed by atoms with E-state index in [0.717, 1.165) is 44.9 Å². The van der Waals surface area contributed by atoms with Gasteiger partial charge in [0, 0.05) is 25.2 Å². The Morgan fingerprint density at radius 3 is 2.58 bits per heavy atom. The predicted molar refractivity (Wildman–Crippen MR) is 92.3 cm³/mol. The molecule has 0 bridgehead atoms. The summed E-state index contributed by atoms with van der Waals surface area (Å²) in [5.41, 5.74) is 1.74. The van der Waals surface area contributed by atoms with Crippen LogP contribution in [-0.2, 0) is 14.3 Å². The molecule has 0 heterocycles. The van der Waals surface area contributed by atoms with E-state index in [0.29, 0.717) is 23.5 Å². The maximum Gasteiger partial charge on any atom is 0.302 e. The van der Waals surface area contributed by atoms with Crippen LogP contribution in [0.4, 0.5) is 0 Å². The van der Waals surface area contributed by atoms with Crippen molar-refractivity contribution >= 4 is 11.8 Å². The fourth-order valence-corrected chi connectivity index (χ4v) is 6.73. The summed E-state index contributed by atoms with van der Waals surface area (Å²) < 4.78 is 5.50. The molecule has 3 nitrogen and oxygen atoms in total. The zero-order valence-electron chi connectivity index (χ0n) is 15.3. The van der Waals surface area contributed by atoms with E-state index in [-0.39, 0.29) is 22.9 Å². The van der Waals surface area contributed by atoms with E-state index in [4.69, 9.17) is 4.74 Å². The van der Waals surface area contributed by atoms with Gasteiger partial charge in [0.15, 0.2) is 0 Å². The molecule has 0 aromatic rings. The molecule has 24 heavy (non-hydrogen) atoms. The van der Waals surface area contributed by atoms with Gasteiger partial charge in [0.1, 0.15) is 11.9 Å². The van der Waals surface area contributed by atoms with Crippen molar-refractivity contribution in [3.8, 4) is 0 Å². The number of carbonyl (C=O) groups excluding carboxylic acids is 2. The molecule has 0 aliphatic heterocycles. The first-order chi connectivity index (χ1) is 11.3. The highest BCUT2D eigenvalue weighted by Crippen LogP contribution is 2.64. The van der Waals surface area contributed by atoms with Crippen LogP contribution in [0.1, 0.15) is 72.1 Å². The molecule has 4 aliphatic rings. The summed E-state index contributed by atoms with van der Waals surface area (Å²) in [7, 11) is 0. The van der Waals surface area contributed by atoms with Crippen LogP contribution in [0, 0.1) is 28.6 Å². The highest BCUT2D eigenvalue weighted by Gasteiger charge is 2.58. The van der Waals surface area contributed by atoms with Crippen molar-refractivity contribution in [3.63, 3.8) is 0 Å². The maximum absolute atomic E-state index is 12.4. The minimum absolute atomic E-state index is 0.0438. The van der Waals surface area contributed by atoms with Crippen LogP contribution < -0.4 is 0 Å². The van der Waals surface area contributed by atoms with Crippen LogP contribution in [0.25, 0.3) is 0 Å². The van der Waals surface area contributed by atoms with Crippen LogP contribution in [0.2, 0.25) is 0 Å². The number of allylic oxidation sites excluding steroid dienone is 1. The van der Waals surface area contributed by atoms with Gasteiger partial charge in [0.2, 0.25) is 0 Å². The molecule has 3 unspecified atom stereocenters. The summed E-state index contributed by atoms with van der Waals surface area (Å²) in [5, 5.41) is 0. The summed E-state index contributed by atoms with van der Waals surface area (Å²) in [6.07, 6.45) is 10.8. The molecule has 0 N–H and O–H groups in total. The van der Waals surface area contributed by atoms with Gasteiger partial charge >= 0.3 is 5.97 Å². The number of rotatable bonds is 1. The molecular weight excluding hydrogens is 300 g/mol. The van der Waals surface area contributed by atoms with E-state index in [1.54, 1.807) is 0 Å². The monoisotopic (exact) mass is 330 g/mol. The highest BCUT2D eigenvalue weighted by atomic mass is 16.5. The lowest BCUT2D eigenvalue weighted by molar-refractivity contribution is -0.148. The third-order valence-corrected chi connectivity index (χ3v) is 8.10. The number of hydrogen-bond donors (Lipinski definition) is 0. The second-order valence-corrected chi connectivity index (χ2v) is 9.15. The van der Waals surface area contributed by atoms with Crippen LogP contribution >= 0.6 is 0 Å². The quantitative estimate of drug-likeness (QED) is 0.527. The Morgan fingerprint density at radius 1 is 1.12 bits per heavy atom. The molecule has 3 heteroatoms. The number of fused-ring (bicyclic) bond motifs is 5. The minimum Gasteiger partial charge on any atom is -0.462 e. The first kappa shape index (κ1) is 16.4. The van der Waals surface area contributed by atoms with Crippen molar-refractivity contribution in [3.05, 3.63) is 11.6 Å². The number of esters is 1. The second-order valence-electron chi connectivity index (χ2n) is 9.15. The topological polar surface area (TPSA) is 43.4 Å². The largest absolute Gasteiger partial charge is 0.462 e. The van der Waals surface area contributed by atoms with Gasteiger partial charge in [0.25, 0.3) is 0 Å². The lowest BCUT2D eigenvalue weighted by Crippen LogP contribution is -2.50. The van der Waals surface area contributed by atoms with Crippen LogP contribution in [0.3, 0.4) is 0 Å². The lowest BCUT2D eigenvalue weighted by Gasteiger charge is -2.56. The summed E-state index contributed by atoms with van der Waals surface area (Å²) in [6.45, 7) is 6.19. The van der Waals surface area contributed by atoms with Crippen molar-refractivity contribution in [2.24, 2.45) is 28.6 Å². The molecule has 132 valence electrons. The van der Waals surface area contributed by atoms with Crippen molar-refractivity contribution < 1.29 is 14.3 Å². The third kappa shape index (κ3) is 2.23. The molecule has 0 aromatic heterocycles. The van der Waals surface area contributed by atoms with Gasteiger partial charge < -0.3 is 4.74 Å². The molecule has 4 rings (SSSR count). The Bertz CT molecular complexity index is 606. The molecule has 0 spiro atoms. The van der Waals surface area contributed by atoms with E-state index in [2.05, 4.69) is 19.9 Å². The van der Waals surface area contributed by atoms with Crippen LogP contribution in [0.5, 0.6) is 0 Å². The Labute approximate surface area is 145 Å². The Balaban J connectivity index is 1.60. The first-order valence-electron chi connectivity index (χ1n) is 9.74. The summed E-state index contributed by atoms with van der Waals surface area (Å²) in [5.74, 6) is 2.33. The Hall–Kier alpha value is -1.12. The summed E-state index contributed by atoms with van der Waals surface area (Å²) in [4.78, 5) is 23.7. The zero-order chi connectivity index (χ0) is 17.1. The number of ether oxygens (including phenoxy) is 1. The molecule has 6 atom stereocenters. The fourth-order valence-electron chi connectivity index (χ4n) is 6.73. The minimum atomic E-state index is -0.157. The van der Waals surface area contributed by atoms with E-state index >= 15 is 0 Å². The molecule has 3 fully saturated rings. The number of carbonyl (C=O) groups is 2. The van der Waals surface area contributed by atoms with Crippen molar-refractivity contribution in [1.29, 1.82) is 0 Å². The van der Waals surface area contributed by atoms with E-state index in [9.17, 15) is 9.59 Å². The van der Waals surface area contributed by atoms with Gasteiger partial charge in [-0.25, -0.2) is 0 Å². The van der Waals surface area contributed by atoms with E-state index < -0.39 is 0 Å². The van der Waals surface area contributed by atoms with Crippen molar-refractivity contribution in [2.75, 3.05) is 0 Å². The molecule has 3 saturated carbocycles. The van der Waals surface area contributed by atoms with Crippen LogP contribution in [0.15, 0.2) is 11.6 Å². The third-order valence-electron chi connectivity index (χ3n) is 8.10. The number of Topliss-reactive ketones (excluding diaryl/α,β-unsaturated/α-hetero) is 1. The molecule has 0 amide bonds. The first-order valence-corrected chi connectivity index (χ1v) is 9.74. The highest BCUT2D eigenvalue weighted by molar-refractivity contribution is 5.87. The van der Waals surface area contributed by atoms with Gasteiger partial charge in [-0.3, -0.25) is 9.59 Å². The molecule has 0 radical (unpaired) electrons.